The zero-order chi connectivity index (χ0) is 6.57. The number of aliphatic hydroxyl groups excluding tert-OH is 1. The third kappa shape index (κ3) is 1.53. The van der Waals surface area contributed by atoms with Crippen LogP contribution in [0.5, 0.6) is 0 Å². The third-order valence-electron chi connectivity index (χ3n) is 0.576. The van der Waals surface area contributed by atoms with E-state index in [-0.39, 0.29) is 0 Å². The van der Waals surface area contributed by atoms with Gasteiger partial charge in [0.2, 0.25) is 0 Å². The minimum absolute atomic E-state index is 0.719. The molecule has 8 heavy (non-hydrogen) atoms. The van der Waals surface area contributed by atoms with Crippen molar-refractivity contribution < 1.29 is 10.0 Å². The molecule has 0 aliphatic heterocycles. The number of aliphatic hydroxyl groups is 1. The van der Waals surface area contributed by atoms with Crippen molar-refractivity contribution in [3.63, 3.8) is 0 Å². The zero-order valence-corrected chi connectivity index (χ0v) is 3.94. The van der Waals surface area contributed by atoms with Gasteiger partial charge in [-0.1, -0.05) is 0 Å². The molecule has 0 rings (SSSR count). The van der Waals surface area contributed by atoms with E-state index in [0.717, 1.165) is 0 Å². The first kappa shape index (κ1) is 6.85. The lowest BCUT2D eigenvalue weighted by Gasteiger charge is -1.91. The molecular weight excluding hydrogens is 112 g/mol. The van der Waals surface area contributed by atoms with Crippen LogP contribution in [0.3, 0.4) is 0 Å². The molecule has 0 fully saturated rings. The average molecular weight is 116 g/mol. The number of nitrogens with zero attached hydrogens (tertiary/aromatic N) is 2. The van der Waals surface area contributed by atoms with Crippen LogP contribution in [0.25, 0.3) is 0 Å². The van der Waals surface area contributed by atoms with Gasteiger partial charge in [-0.2, -0.15) is 5.26 Å². The molecule has 0 heterocycles. The van der Waals surface area contributed by atoms with Crippen molar-refractivity contribution in [2.24, 2.45) is 0 Å². The Kier molecular flexibility index (Phi) is 2.51. The second-order valence-corrected chi connectivity index (χ2v) is 1.11. The first-order chi connectivity index (χ1) is 3.72. The Morgan fingerprint density at radius 2 is 2.50 bits per heavy atom. The average Bonchev–Trinajstić information content (AvgIpc) is 1.69. The maximum Gasteiger partial charge on any atom is 0.319 e. The van der Waals surface area contributed by atoms with Crippen LogP contribution >= 0.6 is 0 Å². The zero-order valence-electron chi connectivity index (χ0n) is 3.94. The number of nitriles is 1. The van der Waals surface area contributed by atoms with E-state index in [1.165, 1.54) is 6.07 Å². The van der Waals surface area contributed by atoms with Gasteiger partial charge in [0.05, 0.1) is 0 Å². The maximum atomic E-state index is 9.58. The Balaban J connectivity index is 3.76. The second-order valence-electron chi connectivity index (χ2n) is 1.11. The minimum Gasteiger partial charge on any atom is -0.388 e. The fourth-order valence-electron chi connectivity index (χ4n) is 0.155. The summed E-state index contributed by atoms with van der Waals surface area (Å²) in [5, 5.41) is 25.5. The lowest BCUT2D eigenvalue weighted by molar-refractivity contribution is -0.509. The summed E-state index contributed by atoms with van der Waals surface area (Å²) in [4.78, 5) is 8.75. The summed E-state index contributed by atoms with van der Waals surface area (Å²) in [6.07, 6.45) is 0. The van der Waals surface area contributed by atoms with Gasteiger partial charge in [0, 0.05) is 4.92 Å². The van der Waals surface area contributed by atoms with E-state index in [9.17, 15) is 10.1 Å². The van der Waals surface area contributed by atoms with Crippen molar-refractivity contribution in [1.29, 1.82) is 5.26 Å². The highest BCUT2D eigenvalue weighted by Gasteiger charge is 2.15. The standard InChI is InChI=1S/C3H4N2O3/c4-1-3(2-6)5(7)8/h3,6H,2H2. The largest absolute Gasteiger partial charge is 0.388 e. The molecule has 0 aromatic rings. The van der Waals surface area contributed by atoms with Crippen LogP contribution < -0.4 is 0 Å². The van der Waals surface area contributed by atoms with Crippen molar-refractivity contribution in [1.82, 2.24) is 0 Å². The normalized spacial score (nSPS) is 12.0. The quantitative estimate of drug-likeness (QED) is 0.376. The van der Waals surface area contributed by atoms with Gasteiger partial charge in [0.1, 0.15) is 12.7 Å². The summed E-state index contributed by atoms with van der Waals surface area (Å²) in [5.74, 6) is 0. The molecule has 5 heteroatoms. The lowest BCUT2D eigenvalue weighted by Crippen LogP contribution is -2.20. The molecule has 1 N–H and O–H groups in total. The Hall–Kier alpha value is -1.15. The van der Waals surface area contributed by atoms with E-state index in [2.05, 4.69) is 0 Å². The van der Waals surface area contributed by atoms with Crippen LogP contribution in [0.15, 0.2) is 0 Å². The molecule has 0 amide bonds. The van der Waals surface area contributed by atoms with Crippen LogP contribution in [0, 0.1) is 21.4 Å². The van der Waals surface area contributed by atoms with Crippen molar-refractivity contribution in [2.45, 2.75) is 6.04 Å². The van der Waals surface area contributed by atoms with Crippen molar-refractivity contribution >= 4 is 0 Å². The Morgan fingerprint density at radius 1 is 2.00 bits per heavy atom. The molecule has 0 spiro atoms. The van der Waals surface area contributed by atoms with Crippen LogP contribution in [0.4, 0.5) is 0 Å². The molecule has 0 aromatic carbocycles. The predicted octanol–water partition coefficient (Wildman–Crippen LogP) is -0.852. The molecule has 0 aliphatic carbocycles. The molecule has 44 valence electrons. The summed E-state index contributed by atoms with van der Waals surface area (Å²) in [7, 11) is 0. The van der Waals surface area contributed by atoms with E-state index < -0.39 is 17.6 Å². The van der Waals surface area contributed by atoms with Crippen molar-refractivity contribution in [3.05, 3.63) is 10.1 Å². The summed E-state index contributed by atoms with van der Waals surface area (Å²) in [6, 6.07) is -0.161. The van der Waals surface area contributed by atoms with Gasteiger partial charge in [-0.05, 0) is 0 Å². The molecular formula is C3H4N2O3. The monoisotopic (exact) mass is 116 g/mol. The van der Waals surface area contributed by atoms with Gasteiger partial charge in [-0.15, -0.1) is 0 Å². The highest BCUT2D eigenvalue weighted by molar-refractivity contribution is 4.81. The van der Waals surface area contributed by atoms with Gasteiger partial charge in [-0.25, -0.2) is 0 Å². The van der Waals surface area contributed by atoms with Gasteiger partial charge < -0.3 is 5.11 Å². The van der Waals surface area contributed by atoms with Gasteiger partial charge in [0.15, 0.2) is 0 Å². The van der Waals surface area contributed by atoms with Crippen molar-refractivity contribution in [3.8, 4) is 6.07 Å². The van der Waals surface area contributed by atoms with E-state index in [0.29, 0.717) is 0 Å². The minimum atomic E-state index is -1.46. The predicted molar refractivity (Wildman–Crippen MR) is 23.5 cm³/mol. The van der Waals surface area contributed by atoms with Crippen LogP contribution in [-0.4, -0.2) is 22.7 Å². The van der Waals surface area contributed by atoms with E-state index >= 15 is 0 Å². The molecule has 0 aliphatic rings. The molecule has 1 unspecified atom stereocenters. The highest BCUT2D eigenvalue weighted by Crippen LogP contribution is 1.82. The highest BCUT2D eigenvalue weighted by atomic mass is 16.6. The Labute approximate surface area is 45.3 Å². The number of rotatable bonds is 2. The van der Waals surface area contributed by atoms with E-state index in [1.54, 1.807) is 0 Å². The Bertz CT molecular complexity index is 127. The van der Waals surface area contributed by atoms with Crippen LogP contribution in [0.2, 0.25) is 0 Å². The summed E-state index contributed by atoms with van der Waals surface area (Å²) in [6.45, 7) is -0.719. The van der Waals surface area contributed by atoms with Crippen LogP contribution in [0.1, 0.15) is 0 Å². The second kappa shape index (κ2) is 2.93. The first-order valence-electron chi connectivity index (χ1n) is 1.86. The topological polar surface area (TPSA) is 87.2 Å². The number of nitro groups is 1. The molecule has 1 atom stereocenters. The Morgan fingerprint density at radius 3 is 2.50 bits per heavy atom. The number of hydrogen-bond donors (Lipinski definition) is 1. The van der Waals surface area contributed by atoms with Gasteiger partial charge in [0.25, 0.3) is 0 Å². The fraction of sp³-hybridized carbons (Fsp3) is 0.667. The maximum absolute atomic E-state index is 9.58. The SMILES string of the molecule is N#CC(CO)[N+](=O)[O-]. The molecule has 0 aromatic heterocycles. The third-order valence-corrected chi connectivity index (χ3v) is 0.576. The van der Waals surface area contributed by atoms with Crippen LogP contribution in [-0.2, 0) is 0 Å². The molecule has 0 saturated heterocycles. The van der Waals surface area contributed by atoms with Gasteiger partial charge >= 0.3 is 6.04 Å². The summed E-state index contributed by atoms with van der Waals surface area (Å²) in [5.41, 5.74) is 0. The molecule has 0 bridgehead atoms. The van der Waals surface area contributed by atoms with Crippen molar-refractivity contribution in [2.75, 3.05) is 6.61 Å². The summed E-state index contributed by atoms with van der Waals surface area (Å²) >= 11 is 0. The summed E-state index contributed by atoms with van der Waals surface area (Å²) < 4.78 is 0. The van der Waals surface area contributed by atoms with E-state index in [4.69, 9.17) is 10.4 Å². The molecule has 5 nitrogen and oxygen atoms in total. The lowest BCUT2D eigenvalue weighted by atomic mass is 10.4. The number of hydrogen-bond acceptors (Lipinski definition) is 4. The molecule has 0 saturated carbocycles. The smallest absolute Gasteiger partial charge is 0.319 e. The molecule has 0 radical (unpaired) electrons. The fourth-order valence-corrected chi connectivity index (χ4v) is 0.155. The van der Waals surface area contributed by atoms with Gasteiger partial charge in [-0.3, -0.25) is 10.1 Å². The van der Waals surface area contributed by atoms with E-state index in [1.807, 2.05) is 0 Å². The first-order valence-corrected chi connectivity index (χ1v) is 1.86.